The van der Waals surface area contributed by atoms with Crippen molar-refractivity contribution in [2.24, 2.45) is 4.99 Å². The minimum absolute atomic E-state index is 0.229. The summed E-state index contributed by atoms with van der Waals surface area (Å²) in [4.78, 5) is 24.6. The van der Waals surface area contributed by atoms with E-state index in [9.17, 15) is 18.0 Å². The third kappa shape index (κ3) is 7.06. The molecule has 8 nitrogen and oxygen atoms in total. The number of aromatic nitrogens is 3. The van der Waals surface area contributed by atoms with E-state index in [-0.39, 0.29) is 17.8 Å². The van der Waals surface area contributed by atoms with Crippen LogP contribution in [-0.4, -0.2) is 44.1 Å². The number of hydrogen-bond acceptors (Lipinski definition) is 5. The highest BCUT2D eigenvalue weighted by molar-refractivity contribution is 8.14. The first-order valence-corrected chi connectivity index (χ1v) is 16.3. The zero-order valence-electron chi connectivity index (χ0n) is 25.8. The van der Waals surface area contributed by atoms with E-state index in [0.29, 0.717) is 11.5 Å². The summed E-state index contributed by atoms with van der Waals surface area (Å²) in [6.07, 6.45) is 1.39. The van der Waals surface area contributed by atoms with Crippen LogP contribution < -0.4 is 15.0 Å². The minimum Gasteiger partial charge on any atom is -0.406 e. The Morgan fingerprint density at radius 3 is 2.52 bits per heavy atom. The average molecular weight is 649 g/mol. The maximum atomic E-state index is 13.4. The average Bonchev–Trinajstić information content (AvgIpc) is 3.62. The molecule has 3 aromatic carbocycles. The van der Waals surface area contributed by atoms with Gasteiger partial charge in [-0.1, -0.05) is 61.5 Å². The van der Waals surface area contributed by atoms with Crippen molar-refractivity contribution in [1.82, 2.24) is 20.1 Å². The van der Waals surface area contributed by atoms with Gasteiger partial charge in [0.15, 0.2) is 11.0 Å². The molecule has 0 radical (unpaired) electrons. The second-order valence-corrected chi connectivity index (χ2v) is 12.8. The minimum atomic E-state index is -4.75. The number of halogens is 3. The van der Waals surface area contributed by atoms with Crippen molar-refractivity contribution < 1.29 is 22.7 Å². The number of benzene rings is 3. The summed E-state index contributed by atoms with van der Waals surface area (Å²) in [6.45, 7) is 6.46. The molecule has 6 rings (SSSR count). The molecule has 1 aromatic heterocycles. The molecule has 1 aliphatic heterocycles. The highest BCUT2D eigenvalue weighted by Gasteiger charge is 2.46. The number of nitrogens with one attached hydrogen (secondary N) is 1. The first-order valence-electron chi connectivity index (χ1n) is 15.3. The summed E-state index contributed by atoms with van der Waals surface area (Å²) in [5.41, 5.74) is 5.40. The van der Waals surface area contributed by atoms with Crippen LogP contribution in [0.5, 0.6) is 5.75 Å². The van der Waals surface area contributed by atoms with Crippen LogP contribution >= 0.6 is 11.8 Å². The van der Waals surface area contributed by atoms with Crippen molar-refractivity contribution in [1.29, 1.82) is 0 Å². The summed E-state index contributed by atoms with van der Waals surface area (Å²) in [7, 11) is 0. The Kier molecular flexibility index (Phi) is 8.82. The fourth-order valence-electron chi connectivity index (χ4n) is 5.70. The van der Waals surface area contributed by atoms with Crippen molar-refractivity contribution in [3.63, 3.8) is 0 Å². The van der Waals surface area contributed by atoms with Crippen LogP contribution in [0.25, 0.3) is 17.1 Å². The third-order valence-corrected chi connectivity index (χ3v) is 9.24. The Labute approximate surface area is 270 Å². The molecule has 2 heterocycles. The number of nitrogens with zero attached hydrogens (tertiary/aromatic N) is 5. The maximum Gasteiger partial charge on any atom is 0.573 e. The Bertz CT molecular complexity index is 1730. The number of aryl methyl sites for hydroxylation is 2. The Balaban J connectivity index is 1.15. The summed E-state index contributed by atoms with van der Waals surface area (Å²) in [5, 5.41) is 8.41. The van der Waals surface area contributed by atoms with Gasteiger partial charge in [0.2, 0.25) is 0 Å². The van der Waals surface area contributed by atoms with Gasteiger partial charge in [0.25, 0.3) is 0 Å². The van der Waals surface area contributed by atoms with Gasteiger partial charge in [-0.15, -0.1) is 18.3 Å². The van der Waals surface area contributed by atoms with E-state index in [1.54, 1.807) is 11.8 Å². The number of hydrogen-bond donors (Lipinski definition) is 1. The molecular formula is C34H35F3N6O2S. The van der Waals surface area contributed by atoms with Gasteiger partial charge in [-0.05, 0) is 86.6 Å². The molecule has 240 valence electrons. The molecule has 1 aliphatic carbocycles. The number of urea groups is 1. The predicted molar refractivity (Wildman–Crippen MR) is 175 cm³/mol. The number of carbonyl (C=O) groups is 1. The van der Waals surface area contributed by atoms with Crippen molar-refractivity contribution in [3.8, 4) is 22.8 Å². The van der Waals surface area contributed by atoms with Crippen LogP contribution in [0.1, 0.15) is 56.2 Å². The predicted octanol–water partition coefficient (Wildman–Crippen LogP) is 8.18. The monoisotopic (exact) mass is 648 g/mol. The molecule has 0 spiro atoms. The van der Waals surface area contributed by atoms with E-state index in [1.165, 1.54) is 46.4 Å². The molecule has 12 heteroatoms. The molecule has 1 saturated heterocycles. The number of thioether (sulfide) groups is 1. The number of amides is 2. The van der Waals surface area contributed by atoms with Gasteiger partial charge >= 0.3 is 12.4 Å². The van der Waals surface area contributed by atoms with E-state index in [0.717, 1.165) is 59.8 Å². The summed E-state index contributed by atoms with van der Waals surface area (Å²) in [5.74, 6) is 1.06. The number of rotatable bonds is 8. The number of anilines is 1. The summed E-state index contributed by atoms with van der Waals surface area (Å²) in [6, 6.07) is 19.6. The largest absolute Gasteiger partial charge is 0.573 e. The van der Waals surface area contributed by atoms with Crippen molar-refractivity contribution in [3.05, 3.63) is 89.7 Å². The quantitative estimate of drug-likeness (QED) is 0.208. The van der Waals surface area contributed by atoms with E-state index in [1.807, 2.05) is 24.3 Å². The Morgan fingerprint density at radius 2 is 1.85 bits per heavy atom. The van der Waals surface area contributed by atoms with Gasteiger partial charge in [0.1, 0.15) is 12.1 Å². The fourth-order valence-corrected chi connectivity index (χ4v) is 6.91. The molecule has 1 unspecified atom stereocenters. The van der Waals surface area contributed by atoms with Gasteiger partial charge in [-0.25, -0.2) is 14.5 Å². The summed E-state index contributed by atoms with van der Waals surface area (Å²) < 4.78 is 42.8. The molecule has 2 fully saturated rings. The van der Waals surface area contributed by atoms with E-state index in [4.69, 9.17) is 0 Å². The topological polar surface area (TPSA) is 84.6 Å². The number of aliphatic imine (C=N–C) groups is 1. The second kappa shape index (κ2) is 12.8. The highest BCUT2D eigenvalue weighted by atomic mass is 32.2. The maximum absolute atomic E-state index is 13.4. The van der Waals surface area contributed by atoms with Crippen LogP contribution in [0.15, 0.2) is 78.0 Å². The standard InChI is InChI=1S/C34H35F3N6O2S/c1-4-5-24-7-6-22(2)20-29(24)43-23(3)16-19-46-32(43)39-31(44)40-33(17-18-33)26-10-8-25(9-11-26)30-38-21-42(41-30)27-12-14-28(15-13-27)45-34(35,36)37/h6-15,20-21,23H,4-5,16-19H2,1-3H3,(H,40,44). The van der Waals surface area contributed by atoms with Gasteiger partial charge in [-0.2, -0.15) is 4.99 Å². The normalized spacial score (nSPS) is 18.4. The zero-order valence-corrected chi connectivity index (χ0v) is 26.7. The zero-order chi connectivity index (χ0) is 32.5. The second-order valence-electron chi connectivity index (χ2n) is 11.8. The highest BCUT2D eigenvalue weighted by Crippen LogP contribution is 2.46. The lowest BCUT2D eigenvalue weighted by molar-refractivity contribution is -0.274. The van der Waals surface area contributed by atoms with Crippen LogP contribution in [-0.2, 0) is 12.0 Å². The Morgan fingerprint density at radius 1 is 1.11 bits per heavy atom. The molecule has 1 N–H and O–H groups in total. The SMILES string of the molecule is CCCc1ccc(C)cc1N1C(=NC(=O)NC2(c3ccc(-c4ncn(-c5ccc(OC(F)(F)F)cc5)n4)cc3)CC2)SCCC1C. The van der Waals surface area contributed by atoms with Gasteiger partial charge in [0, 0.05) is 23.0 Å². The first kappa shape index (κ1) is 31.7. The number of amidine groups is 1. The van der Waals surface area contributed by atoms with Gasteiger partial charge in [0.05, 0.1) is 11.2 Å². The van der Waals surface area contributed by atoms with E-state index >= 15 is 0 Å². The lowest BCUT2D eigenvalue weighted by atomic mass is 10.0. The third-order valence-electron chi connectivity index (χ3n) is 8.25. The molecule has 2 amide bonds. The van der Waals surface area contributed by atoms with Crippen LogP contribution in [0.3, 0.4) is 0 Å². The van der Waals surface area contributed by atoms with E-state index in [2.05, 4.69) is 69.0 Å². The van der Waals surface area contributed by atoms with Crippen molar-refractivity contribution in [2.75, 3.05) is 10.7 Å². The molecule has 0 bridgehead atoms. The molecular weight excluding hydrogens is 613 g/mol. The number of ether oxygens (including phenoxy) is 1. The van der Waals surface area contributed by atoms with E-state index < -0.39 is 11.9 Å². The van der Waals surface area contributed by atoms with Gasteiger partial charge in [-0.3, -0.25) is 0 Å². The molecule has 2 aliphatic rings. The van der Waals surface area contributed by atoms with Crippen molar-refractivity contribution in [2.45, 2.75) is 70.8 Å². The number of carbonyl (C=O) groups excluding carboxylic acids is 1. The van der Waals surface area contributed by atoms with Crippen LogP contribution in [0.4, 0.5) is 23.7 Å². The molecule has 4 aromatic rings. The van der Waals surface area contributed by atoms with Crippen molar-refractivity contribution >= 4 is 28.6 Å². The van der Waals surface area contributed by atoms with Crippen LogP contribution in [0.2, 0.25) is 0 Å². The molecule has 1 atom stereocenters. The Hall–Kier alpha value is -4.32. The lowest BCUT2D eigenvalue weighted by Gasteiger charge is -2.37. The number of alkyl halides is 3. The van der Waals surface area contributed by atoms with Crippen LogP contribution in [0, 0.1) is 6.92 Å². The summed E-state index contributed by atoms with van der Waals surface area (Å²) >= 11 is 1.62. The van der Waals surface area contributed by atoms with Gasteiger partial charge < -0.3 is 15.0 Å². The first-order chi connectivity index (χ1) is 22.0. The fraction of sp³-hybridized carbons (Fsp3) is 0.353. The molecule has 1 saturated carbocycles. The lowest BCUT2D eigenvalue weighted by Crippen LogP contribution is -2.43. The smallest absolute Gasteiger partial charge is 0.406 e. The molecule has 46 heavy (non-hydrogen) atoms.